The smallest absolute Gasteiger partial charge is 0.354 e. The van der Waals surface area contributed by atoms with Crippen LogP contribution in [0.25, 0.3) is 10.9 Å². The summed E-state index contributed by atoms with van der Waals surface area (Å²) >= 11 is 24.6. The third-order valence-electron chi connectivity index (χ3n) is 3.76. The molecule has 130 valence electrons. The molecule has 25 heavy (non-hydrogen) atoms. The van der Waals surface area contributed by atoms with Gasteiger partial charge in [0.05, 0.1) is 32.2 Å². The zero-order valence-corrected chi connectivity index (χ0v) is 16.2. The lowest BCUT2D eigenvalue weighted by Crippen LogP contribution is -2.13. The molecule has 0 saturated carbocycles. The first-order valence-electron chi connectivity index (χ1n) is 7.50. The van der Waals surface area contributed by atoms with Crippen LogP contribution >= 0.6 is 46.4 Å². The summed E-state index contributed by atoms with van der Waals surface area (Å²) in [4.78, 5) is 12.4. The van der Waals surface area contributed by atoms with Gasteiger partial charge in [0.25, 0.3) is 0 Å². The van der Waals surface area contributed by atoms with Crippen LogP contribution in [0.5, 0.6) is 0 Å². The van der Waals surface area contributed by atoms with Gasteiger partial charge < -0.3 is 9.30 Å². The molecule has 0 unspecified atom stereocenters. The lowest BCUT2D eigenvalue weighted by molar-refractivity contribution is 0.0515. The Kier molecular flexibility index (Phi) is 5.49. The monoisotopic (exact) mass is 415 g/mol. The quantitative estimate of drug-likeness (QED) is 0.455. The Morgan fingerprint density at radius 1 is 1.00 bits per heavy atom. The van der Waals surface area contributed by atoms with Crippen LogP contribution in [0.1, 0.15) is 23.0 Å². The van der Waals surface area contributed by atoms with Gasteiger partial charge in [-0.05, 0) is 36.8 Å². The minimum atomic E-state index is -0.425. The van der Waals surface area contributed by atoms with Gasteiger partial charge in [-0.25, -0.2) is 4.79 Å². The first kappa shape index (κ1) is 18.4. The van der Waals surface area contributed by atoms with Crippen molar-refractivity contribution in [2.75, 3.05) is 6.61 Å². The third kappa shape index (κ3) is 3.61. The highest BCUT2D eigenvalue weighted by atomic mass is 35.5. The number of esters is 1. The van der Waals surface area contributed by atoms with E-state index >= 15 is 0 Å². The molecule has 1 aromatic heterocycles. The molecule has 0 radical (unpaired) electrons. The van der Waals surface area contributed by atoms with Gasteiger partial charge in [-0.3, -0.25) is 0 Å². The molecule has 0 saturated heterocycles. The minimum absolute atomic E-state index is 0.279. The fourth-order valence-electron chi connectivity index (χ4n) is 2.65. The van der Waals surface area contributed by atoms with E-state index in [1.807, 2.05) is 12.1 Å². The van der Waals surface area contributed by atoms with Crippen LogP contribution in [0, 0.1) is 0 Å². The Labute approximate surface area is 165 Å². The van der Waals surface area contributed by atoms with Crippen LogP contribution in [0.15, 0.2) is 36.4 Å². The van der Waals surface area contributed by atoms with Crippen molar-refractivity contribution in [3.05, 3.63) is 67.7 Å². The fraction of sp³-hybridized carbons (Fsp3) is 0.167. The lowest BCUT2D eigenvalue weighted by Gasteiger charge is -2.12. The van der Waals surface area contributed by atoms with E-state index in [9.17, 15) is 4.79 Å². The van der Waals surface area contributed by atoms with E-state index in [0.717, 1.165) is 10.9 Å². The molecule has 0 aliphatic rings. The van der Waals surface area contributed by atoms with Crippen LogP contribution in [0.4, 0.5) is 0 Å². The summed E-state index contributed by atoms with van der Waals surface area (Å²) in [5.41, 5.74) is 1.93. The maximum absolute atomic E-state index is 12.4. The second kappa shape index (κ2) is 7.46. The fourth-order valence-corrected chi connectivity index (χ4v) is 3.40. The topological polar surface area (TPSA) is 31.2 Å². The number of ether oxygens (including phenoxy) is 1. The zero-order chi connectivity index (χ0) is 18.1. The standard InChI is InChI=1S/C18H13Cl4NO2/c1-2-25-18(24)15-8-11-4-6-13(20)16(22)17(11)23(15)9-10-3-5-12(19)14(21)7-10/h3-8H,2,9H2,1H3. The number of hydrogen-bond donors (Lipinski definition) is 0. The second-order valence-electron chi connectivity index (χ2n) is 5.38. The average Bonchev–Trinajstić information content (AvgIpc) is 2.94. The molecule has 0 atom stereocenters. The molecule has 3 rings (SSSR count). The number of nitrogens with zero attached hydrogens (tertiary/aromatic N) is 1. The van der Waals surface area contributed by atoms with E-state index in [2.05, 4.69) is 0 Å². The molecule has 0 amide bonds. The number of carbonyl (C=O) groups excluding carboxylic acids is 1. The molecule has 3 nitrogen and oxygen atoms in total. The van der Waals surface area contributed by atoms with Crippen LogP contribution in [0.3, 0.4) is 0 Å². The lowest BCUT2D eigenvalue weighted by atomic mass is 10.2. The van der Waals surface area contributed by atoms with Crippen molar-refractivity contribution in [1.82, 2.24) is 4.57 Å². The summed E-state index contributed by atoms with van der Waals surface area (Å²) in [6.07, 6.45) is 0. The van der Waals surface area contributed by atoms with Gasteiger partial charge in [-0.15, -0.1) is 0 Å². The van der Waals surface area contributed by atoms with E-state index < -0.39 is 5.97 Å². The van der Waals surface area contributed by atoms with Crippen molar-refractivity contribution in [2.45, 2.75) is 13.5 Å². The van der Waals surface area contributed by atoms with Crippen LogP contribution in [-0.4, -0.2) is 17.1 Å². The molecule has 0 aliphatic carbocycles. The van der Waals surface area contributed by atoms with E-state index in [-0.39, 0.29) is 6.61 Å². The molecule has 0 aliphatic heterocycles. The molecule has 0 fully saturated rings. The zero-order valence-electron chi connectivity index (χ0n) is 13.2. The number of rotatable bonds is 4. The van der Waals surface area contributed by atoms with Crippen molar-refractivity contribution in [3.63, 3.8) is 0 Å². The molecule has 7 heteroatoms. The Hall–Kier alpha value is -1.39. The van der Waals surface area contributed by atoms with Gasteiger partial charge in [-0.1, -0.05) is 58.5 Å². The highest BCUT2D eigenvalue weighted by Gasteiger charge is 2.20. The average molecular weight is 417 g/mol. The molecule has 2 aromatic carbocycles. The van der Waals surface area contributed by atoms with E-state index in [0.29, 0.717) is 37.8 Å². The highest BCUT2D eigenvalue weighted by Crippen LogP contribution is 2.34. The third-order valence-corrected chi connectivity index (χ3v) is 5.30. The largest absolute Gasteiger partial charge is 0.461 e. The van der Waals surface area contributed by atoms with Crippen LogP contribution < -0.4 is 0 Å². The number of hydrogen-bond acceptors (Lipinski definition) is 2. The number of halogens is 4. The van der Waals surface area contributed by atoms with Crippen LogP contribution in [0.2, 0.25) is 20.1 Å². The summed E-state index contributed by atoms with van der Waals surface area (Å²) in [5.74, 6) is -0.425. The molecule has 0 bridgehead atoms. The van der Waals surface area contributed by atoms with Crippen molar-refractivity contribution in [3.8, 4) is 0 Å². The number of aromatic nitrogens is 1. The van der Waals surface area contributed by atoms with Crippen molar-refractivity contribution in [1.29, 1.82) is 0 Å². The Balaban J connectivity index is 2.18. The summed E-state index contributed by atoms with van der Waals surface area (Å²) in [7, 11) is 0. The molecular formula is C18H13Cl4NO2. The Morgan fingerprint density at radius 3 is 2.40 bits per heavy atom. The van der Waals surface area contributed by atoms with E-state index in [1.54, 1.807) is 35.8 Å². The molecule has 0 spiro atoms. The first-order valence-corrected chi connectivity index (χ1v) is 9.01. The van der Waals surface area contributed by atoms with Gasteiger partial charge in [0.2, 0.25) is 0 Å². The second-order valence-corrected chi connectivity index (χ2v) is 6.98. The summed E-state index contributed by atoms with van der Waals surface area (Å²) in [6.45, 7) is 2.41. The normalized spacial score (nSPS) is 11.1. The predicted octanol–water partition coefficient (Wildman–Crippen LogP) is 6.48. The molecular weight excluding hydrogens is 404 g/mol. The predicted molar refractivity (Wildman–Crippen MR) is 103 cm³/mol. The molecule has 1 heterocycles. The van der Waals surface area contributed by atoms with Gasteiger partial charge in [0.15, 0.2) is 0 Å². The SMILES string of the molecule is CCOC(=O)c1cc2ccc(Cl)c(Cl)c2n1Cc1ccc(Cl)c(Cl)c1. The maximum Gasteiger partial charge on any atom is 0.354 e. The summed E-state index contributed by atoms with van der Waals surface area (Å²) in [5, 5.41) is 2.51. The van der Waals surface area contributed by atoms with Gasteiger partial charge in [0, 0.05) is 11.9 Å². The van der Waals surface area contributed by atoms with Crippen molar-refractivity contribution < 1.29 is 9.53 Å². The molecule has 3 aromatic rings. The van der Waals surface area contributed by atoms with Crippen molar-refractivity contribution in [2.24, 2.45) is 0 Å². The Morgan fingerprint density at radius 2 is 1.72 bits per heavy atom. The minimum Gasteiger partial charge on any atom is -0.461 e. The number of benzene rings is 2. The van der Waals surface area contributed by atoms with E-state index in [4.69, 9.17) is 51.1 Å². The van der Waals surface area contributed by atoms with Gasteiger partial charge in [-0.2, -0.15) is 0 Å². The summed E-state index contributed by atoms with van der Waals surface area (Å²) in [6, 6.07) is 10.6. The summed E-state index contributed by atoms with van der Waals surface area (Å²) < 4.78 is 6.94. The van der Waals surface area contributed by atoms with Crippen LogP contribution in [-0.2, 0) is 11.3 Å². The van der Waals surface area contributed by atoms with Gasteiger partial charge in [0.1, 0.15) is 5.69 Å². The first-order chi connectivity index (χ1) is 11.9. The maximum atomic E-state index is 12.4. The number of fused-ring (bicyclic) bond motifs is 1. The van der Waals surface area contributed by atoms with E-state index in [1.165, 1.54) is 0 Å². The number of carbonyl (C=O) groups is 1. The van der Waals surface area contributed by atoms with Gasteiger partial charge >= 0.3 is 5.97 Å². The van der Waals surface area contributed by atoms with Crippen molar-refractivity contribution >= 4 is 63.3 Å². The highest BCUT2D eigenvalue weighted by molar-refractivity contribution is 6.45. The Bertz CT molecular complexity index is 965. The molecule has 0 N–H and O–H groups in total.